The lowest BCUT2D eigenvalue weighted by molar-refractivity contribution is -0.394. The second kappa shape index (κ2) is 7.31. The number of nitro benzene ring substituents is 2. The molecular formula is C12H11ClN4O5S. The van der Waals surface area contributed by atoms with Crippen LogP contribution >= 0.6 is 22.9 Å². The number of aromatic nitrogens is 1. The van der Waals surface area contributed by atoms with Gasteiger partial charge in [-0.1, -0.05) is 11.6 Å². The molecule has 0 aliphatic carbocycles. The molecule has 9 nitrogen and oxygen atoms in total. The molecule has 0 saturated carbocycles. The van der Waals surface area contributed by atoms with Crippen LogP contribution in [0.5, 0.6) is 0 Å². The van der Waals surface area contributed by atoms with E-state index in [2.05, 4.69) is 10.3 Å². The van der Waals surface area contributed by atoms with Crippen LogP contribution in [0.25, 0.3) is 0 Å². The van der Waals surface area contributed by atoms with Crippen molar-refractivity contribution in [2.24, 2.45) is 0 Å². The third-order valence-corrected chi connectivity index (χ3v) is 4.07. The van der Waals surface area contributed by atoms with Crippen LogP contribution in [0.2, 0.25) is 4.47 Å². The molecule has 1 heterocycles. The van der Waals surface area contributed by atoms with Crippen LogP contribution in [0.1, 0.15) is 10.4 Å². The van der Waals surface area contributed by atoms with Crippen molar-refractivity contribution in [3.63, 3.8) is 0 Å². The van der Waals surface area contributed by atoms with Crippen molar-refractivity contribution in [2.45, 2.75) is 13.0 Å². The lowest BCUT2D eigenvalue weighted by Crippen LogP contribution is -2.07. The molecule has 0 fully saturated rings. The van der Waals surface area contributed by atoms with Gasteiger partial charge in [0.2, 0.25) is 0 Å². The largest absolute Gasteiger partial charge is 0.396 e. The molecule has 0 unspecified atom stereocenters. The number of aliphatic hydroxyl groups excluding tert-OH is 1. The number of aliphatic hydroxyl groups is 1. The van der Waals surface area contributed by atoms with E-state index in [0.29, 0.717) is 4.47 Å². The highest BCUT2D eigenvalue weighted by molar-refractivity contribution is 7.15. The van der Waals surface area contributed by atoms with Crippen LogP contribution in [0.4, 0.5) is 17.1 Å². The minimum absolute atomic E-state index is 0.0000869. The van der Waals surface area contributed by atoms with Gasteiger partial charge >= 0.3 is 0 Å². The molecule has 1 aromatic carbocycles. The summed E-state index contributed by atoms with van der Waals surface area (Å²) in [7, 11) is 0. The Hall–Kier alpha value is -2.30. The summed E-state index contributed by atoms with van der Waals surface area (Å²) in [6.45, 7) is -0.0686. The SMILES string of the molecule is O=[N+]([O-])c1cc(NCc2cnc(Cl)s2)c(CCO)c([N+](=O)[O-])c1. The summed E-state index contributed by atoms with van der Waals surface area (Å²) in [6.07, 6.45) is 1.54. The van der Waals surface area contributed by atoms with E-state index in [1.807, 2.05) is 0 Å². The van der Waals surface area contributed by atoms with Crippen molar-refractivity contribution in [3.05, 3.63) is 53.5 Å². The summed E-state index contributed by atoms with van der Waals surface area (Å²) in [5, 5.41) is 34.1. The zero-order chi connectivity index (χ0) is 17.0. The molecule has 1 aromatic heterocycles. The first-order valence-corrected chi connectivity index (χ1v) is 7.52. The summed E-state index contributed by atoms with van der Waals surface area (Å²) in [4.78, 5) is 25.3. The molecule has 2 rings (SSSR count). The molecule has 0 saturated heterocycles. The van der Waals surface area contributed by atoms with E-state index >= 15 is 0 Å². The van der Waals surface area contributed by atoms with Crippen LogP contribution < -0.4 is 5.32 Å². The van der Waals surface area contributed by atoms with Crippen molar-refractivity contribution < 1.29 is 15.0 Å². The first-order chi connectivity index (χ1) is 10.9. The molecule has 11 heteroatoms. The van der Waals surface area contributed by atoms with Crippen LogP contribution in [-0.4, -0.2) is 26.5 Å². The molecule has 0 bridgehead atoms. The molecule has 0 aliphatic rings. The number of rotatable bonds is 7. The smallest absolute Gasteiger partial charge is 0.281 e. The Kier molecular flexibility index (Phi) is 5.42. The monoisotopic (exact) mass is 358 g/mol. The number of nitrogens with one attached hydrogen (secondary N) is 1. The van der Waals surface area contributed by atoms with Crippen molar-refractivity contribution in [1.82, 2.24) is 4.98 Å². The zero-order valence-corrected chi connectivity index (χ0v) is 13.1. The van der Waals surface area contributed by atoms with E-state index in [4.69, 9.17) is 16.7 Å². The zero-order valence-electron chi connectivity index (χ0n) is 11.6. The van der Waals surface area contributed by atoms with Crippen LogP contribution in [0.3, 0.4) is 0 Å². The van der Waals surface area contributed by atoms with Gasteiger partial charge in [0, 0.05) is 30.2 Å². The maximum atomic E-state index is 11.1. The predicted octanol–water partition coefficient (Wildman–Crippen LogP) is 2.76. The minimum atomic E-state index is -0.704. The number of nitro groups is 2. The molecule has 0 radical (unpaired) electrons. The maximum absolute atomic E-state index is 11.1. The molecule has 2 N–H and O–H groups in total. The minimum Gasteiger partial charge on any atom is -0.396 e. The first kappa shape index (κ1) is 17.1. The maximum Gasteiger partial charge on any atom is 0.281 e. The molecule has 2 aromatic rings. The lowest BCUT2D eigenvalue weighted by Gasteiger charge is -2.11. The van der Waals surface area contributed by atoms with Crippen molar-refractivity contribution >= 4 is 40.0 Å². The summed E-state index contributed by atoms with van der Waals surface area (Å²) in [5.41, 5.74) is -0.371. The first-order valence-electron chi connectivity index (χ1n) is 6.33. The van der Waals surface area contributed by atoms with Gasteiger partial charge < -0.3 is 10.4 Å². The molecule has 122 valence electrons. The predicted molar refractivity (Wildman–Crippen MR) is 85.0 cm³/mol. The fourth-order valence-electron chi connectivity index (χ4n) is 1.99. The van der Waals surface area contributed by atoms with E-state index in [-0.39, 0.29) is 30.8 Å². The summed E-state index contributed by atoms with van der Waals surface area (Å²) in [6, 6.07) is 2.10. The number of halogens is 1. The number of benzene rings is 1. The van der Waals surface area contributed by atoms with Gasteiger partial charge in [0.25, 0.3) is 11.4 Å². The van der Waals surface area contributed by atoms with Gasteiger partial charge in [-0.15, -0.1) is 11.3 Å². The molecular weight excluding hydrogens is 348 g/mol. The van der Waals surface area contributed by atoms with Gasteiger partial charge in [-0.05, 0) is 0 Å². The quantitative estimate of drug-likeness (QED) is 0.574. The molecule has 0 amide bonds. The third kappa shape index (κ3) is 4.12. The Morgan fingerprint density at radius 2 is 2.04 bits per heavy atom. The number of hydrogen-bond donors (Lipinski definition) is 2. The highest BCUT2D eigenvalue weighted by Crippen LogP contribution is 2.33. The fraction of sp³-hybridized carbons (Fsp3) is 0.250. The standard InChI is InChI=1S/C12H11ClN4O5S/c13-12-15-6-8(23-12)5-14-10-3-7(16(19)20)4-11(17(21)22)9(10)1-2-18/h3-4,6,14,18H,1-2,5H2. The second-order valence-electron chi connectivity index (χ2n) is 4.41. The number of anilines is 1. The van der Waals surface area contributed by atoms with Crippen molar-refractivity contribution in [3.8, 4) is 0 Å². The summed E-state index contributed by atoms with van der Waals surface area (Å²) >= 11 is 6.95. The number of thiazole rings is 1. The average Bonchev–Trinajstić information content (AvgIpc) is 2.91. The van der Waals surface area contributed by atoms with Gasteiger partial charge in [0.1, 0.15) is 0 Å². The molecule has 0 aliphatic heterocycles. The summed E-state index contributed by atoms with van der Waals surface area (Å²) < 4.78 is 0.349. The Balaban J connectivity index is 2.40. The highest BCUT2D eigenvalue weighted by atomic mass is 35.5. The van der Waals surface area contributed by atoms with E-state index in [1.165, 1.54) is 23.6 Å². The topological polar surface area (TPSA) is 131 Å². The lowest BCUT2D eigenvalue weighted by atomic mass is 10.1. The van der Waals surface area contributed by atoms with E-state index < -0.39 is 21.2 Å². The van der Waals surface area contributed by atoms with Crippen LogP contribution in [-0.2, 0) is 13.0 Å². The van der Waals surface area contributed by atoms with Crippen LogP contribution in [0.15, 0.2) is 18.3 Å². The number of non-ortho nitro benzene ring substituents is 1. The van der Waals surface area contributed by atoms with Crippen LogP contribution in [0, 0.1) is 20.2 Å². The Labute approximate surface area is 138 Å². The van der Waals surface area contributed by atoms with Crippen molar-refractivity contribution in [1.29, 1.82) is 0 Å². The Morgan fingerprint density at radius 3 is 2.57 bits per heavy atom. The van der Waals surface area contributed by atoms with Gasteiger partial charge in [-0.3, -0.25) is 20.2 Å². The fourth-order valence-corrected chi connectivity index (χ4v) is 2.91. The van der Waals surface area contributed by atoms with E-state index in [1.54, 1.807) is 0 Å². The van der Waals surface area contributed by atoms with Crippen molar-refractivity contribution in [2.75, 3.05) is 11.9 Å². The Bertz CT molecular complexity index is 751. The molecule has 23 heavy (non-hydrogen) atoms. The van der Waals surface area contributed by atoms with Gasteiger partial charge in [-0.25, -0.2) is 4.98 Å². The van der Waals surface area contributed by atoms with E-state index in [9.17, 15) is 20.2 Å². The van der Waals surface area contributed by atoms with Gasteiger partial charge in [0.05, 0.1) is 33.7 Å². The third-order valence-electron chi connectivity index (χ3n) is 2.96. The Morgan fingerprint density at radius 1 is 1.30 bits per heavy atom. The summed E-state index contributed by atoms with van der Waals surface area (Å²) in [5.74, 6) is 0. The number of nitrogens with zero attached hydrogens (tertiary/aromatic N) is 3. The average molecular weight is 359 g/mol. The number of hydrogen-bond acceptors (Lipinski definition) is 8. The van der Waals surface area contributed by atoms with Gasteiger partial charge in [0.15, 0.2) is 4.47 Å². The van der Waals surface area contributed by atoms with E-state index in [0.717, 1.165) is 10.9 Å². The normalized spacial score (nSPS) is 10.5. The molecule has 0 spiro atoms. The highest BCUT2D eigenvalue weighted by Gasteiger charge is 2.23. The van der Waals surface area contributed by atoms with Gasteiger partial charge in [-0.2, -0.15) is 0 Å². The molecule has 0 atom stereocenters. The second-order valence-corrected chi connectivity index (χ2v) is 6.11.